The number of ketones is 1. The predicted molar refractivity (Wildman–Crippen MR) is 46.8 cm³/mol. The second-order valence-corrected chi connectivity index (χ2v) is 2.72. The van der Waals surface area contributed by atoms with Gasteiger partial charge in [-0.05, 0) is 6.08 Å². The largest absolute Gasteiger partial charge is 0.739 e. The lowest BCUT2D eigenvalue weighted by molar-refractivity contribution is -0.814. The van der Waals surface area contributed by atoms with Crippen LogP contribution in [0.1, 0.15) is 0 Å². The molecule has 0 saturated heterocycles. The van der Waals surface area contributed by atoms with Crippen LogP contribution in [-0.2, 0) is 4.79 Å². The highest BCUT2D eigenvalue weighted by molar-refractivity contribution is 6.48. The number of quaternary nitrogens is 1. The predicted octanol–water partition coefficient (Wildman–Crippen LogP) is -2.41. The first kappa shape index (κ1) is 8.60. The molecule has 72 valence electrons. The van der Waals surface area contributed by atoms with Gasteiger partial charge in [0, 0.05) is 6.08 Å². The highest BCUT2D eigenvalue weighted by Gasteiger charge is 2.33. The standard InChI is InChI=1S/C7H6N4O3/c8-7-9-11(14)4-2-1-3-5(12)6(4)10(7)13/h1-3,11H,(H2,8,9). The zero-order chi connectivity index (χ0) is 10.3. The van der Waals surface area contributed by atoms with Gasteiger partial charge in [-0.25, -0.2) is 4.74 Å². The number of fused-ring (bicyclic) bond motifs is 1. The van der Waals surface area contributed by atoms with Gasteiger partial charge >= 0.3 is 5.96 Å². The van der Waals surface area contributed by atoms with E-state index < -0.39 is 16.9 Å². The molecule has 1 heterocycles. The number of carbonyl (C=O) groups excluding carboxylic acids is 1. The molecule has 1 atom stereocenters. The summed E-state index contributed by atoms with van der Waals surface area (Å²) in [5.41, 5.74) is 4.88. The van der Waals surface area contributed by atoms with Crippen molar-refractivity contribution >= 4 is 17.5 Å². The van der Waals surface area contributed by atoms with Crippen LogP contribution < -0.4 is 10.9 Å². The summed E-state index contributed by atoms with van der Waals surface area (Å²) < 4.78 is 0.166. The summed E-state index contributed by atoms with van der Waals surface area (Å²) >= 11 is 0. The number of nitrogens with zero attached hydrogens (tertiary/aromatic N) is 2. The molecule has 2 aliphatic rings. The molecule has 0 amide bonds. The van der Waals surface area contributed by atoms with Crippen LogP contribution in [0.2, 0.25) is 0 Å². The van der Waals surface area contributed by atoms with E-state index in [9.17, 15) is 15.2 Å². The summed E-state index contributed by atoms with van der Waals surface area (Å²) in [6.07, 6.45) is 3.94. The van der Waals surface area contributed by atoms with Gasteiger partial charge < -0.3 is 10.4 Å². The Bertz CT molecular complexity index is 432. The number of guanidine groups is 1. The van der Waals surface area contributed by atoms with E-state index in [0.717, 1.165) is 0 Å². The maximum Gasteiger partial charge on any atom is 0.445 e. The molecule has 0 aromatic rings. The molecule has 0 bridgehead atoms. The van der Waals surface area contributed by atoms with Gasteiger partial charge in [-0.1, -0.05) is 6.08 Å². The van der Waals surface area contributed by atoms with Crippen LogP contribution in [0, 0.1) is 10.4 Å². The van der Waals surface area contributed by atoms with Crippen LogP contribution in [-0.4, -0.2) is 22.2 Å². The quantitative estimate of drug-likeness (QED) is 0.254. The van der Waals surface area contributed by atoms with Crippen LogP contribution in [0.25, 0.3) is 0 Å². The normalized spacial score (nSPS) is 25.8. The molecule has 1 aliphatic carbocycles. The minimum Gasteiger partial charge on any atom is -0.739 e. The Morgan fingerprint density at radius 1 is 1.57 bits per heavy atom. The molecule has 0 fully saturated rings. The Kier molecular flexibility index (Phi) is 1.69. The van der Waals surface area contributed by atoms with E-state index >= 15 is 0 Å². The van der Waals surface area contributed by atoms with Crippen molar-refractivity contribution in [2.24, 2.45) is 10.8 Å². The Morgan fingerprint density at radius 2 is 2.29 bits per heavy atom. The number of hydrogen-bond acceptors (Lipinski definition) is 5. The number of hydrogen-bond donors (Lipinski definition) is 2. The van der Waals surface area contributed by atoms with E-state index in [0.29, 0.717) is 0 Å². The van der Waals surface area contributed by atoms with Crippen molar-refractivity contribution in [2.45, 2.75) is 0 Å². The van der Waals surface area contributed by atoms with Crippen LogP contribution in [0.15, 0.2) is 29.0 Å². The third-order valence-electron chi connectivity index (χ3n) is 1.86. The van der Waals surface area contributed by atoms with Gasteiger partial charge in [0.1, 0.15) is 5.10 Å². The van der Waals surface area contributed by atoms with Gasteiger partial charge in [-0.2, -0.15) is 0 Å². The molecule has 7 nitrogen and oxygen atoms in total. The number of carbonyl (C=O) groups is 1. The van der Waals surface area contributed by atoms with Crippen molar-refractivity contribution < 1.29 is 14.7 Å². The minimum absolute atomic E-state index is 0.0123. The average Bonchev–Trinajstić information content (AvgIpc) is 2.14. The molecular weight excluding hydrogens is 188 g/mol. The Hall–Kier alpha value is -1.99. The number of hydroxylamine groups is 2. The van der Waals surface area contributed by atoms with Crippen molar-refractivity contribution in [3.05, 3.63) is 34.3 Å². The van der Waals surface area contributed by atoms with Crippen molar-refractivity contribution in [2.75, 3.05) is 0 Å². The Balaban J connectivity index is 2.63. The van der Waals surface area contributed by atoms with Crippen LogP contribution in [0.3, 0.4) is 0 Å². The summed E-state index contributed by atoms with van der Waals surface area (Å²) in [5.74, 6) is -1.05. The Labute approximate surface area is 78.3 Å². The van der Waals surface area contributed by atoms with Crippen molar-refractivity contribution in [3.8, 4) is 0 Å². The molecular formula is C7H6N4O3. The fourth-order valence-corrected chi connectivity index (χ4v) is 1.23. The lowest BCUT2D eigenvalue weighted by Crippen LogP contribution is -3.03. The highest BCUT2D eigenvalue weighted by Crippen LogP contribution is 2.03. The molecule has 2 rings (SSSR count). The lowest BCUT2D eigenvalue weighted by Gasteiger charge is -2.23. The van der Waals surface area contributed by atoms with Crippen molar-refractivity contribution in [3.63, 3.8) is 0 Å². The second kappa shape index (κ2) is 2.76. The summed E-state index contributed by atoms with van der Waals surface area (Å²) in [6.45, 7) is 0. The number of rotatable bonds is 0. The van der Waals surface area contributed by atoms with Gasteiger partial charge in [0.15, 0.2) is 0 Å². The van der Waals surface area contributed by atoms with Gasteiger partial charge in [-0.15, -0.1) is 5.17 Å². The molecule has 14 heavy (non-hydrogen) atoms. The first-order chi connectivity index (χ1) is 6.61. The molecule has 1 aliphatic heterocycles. The third kappa shape index (κ3) is 1.04. The first-order valence-corrected chi connectivity index (χ1v) is 3.77. The van der Waals surface area contributed by atoms with Gasteiger partial charge in [0.2, 0.25) is 17.2 Å². The zero-order valence-electron chi connectivity index (χ0n) is 6.93. The molecule has 0 aromatic heterocycles. The number of nitrogens with one attached hydrogen (secondary N) is 1. The fourth-order valence-electron chi connectivity index (χ4n) is 1.23. The molecule has 0 saturated carbocycles. The van der Waals surface area contributed by atoms with Gasteiger partial charge in [0.25, 0.3) is 0 Å². The summed E-state index contributed by atoms with van der Waals surface area (Å²) in [7, 11) is 0. The molecule has 0 radical (unpaired) electrons. The van der Waals surface area contributed by atoms with E-state index in [1.165, 1.54) is 18.2 Å². The van der Waals surface area contributed by atoms with E-state index in [-0.39, 0.29) is 16.1 Å². The summed E-state index contributed by atoms with van der Waals surface area (Å²) in [4.78, 5) is 11.3. The average molecular weight is 194 g/mol. The fraction of sp³-hybridized carbons (Fsp3) is 0. The molecule has 3 N–H and O–H groups in total. The summed E-state index contributed by atoms with van der Waals surface area (Å²) in [6, 6.07) is 0. The summed E-state index contributed by atoms with van der Waals surface area (Å²) in [5, 5.41) is 25.1. The smallest absolute Gasteiger partial charge is 0.445 e. The maximum absolute atomic E-state index is 11.3. The monoisotopic (exact) mass is 194 g/mol. The van der Waals surface area contributed by atoms with Gasteiger partial charge in [-0.3, -0.25) is 10.5 Å². The maximum atomic E-state index is 11.3. The second-order valence-electron chi connectivity index (χ2n) is 2.72. The van der Waals surface area contributed by atoms with Crippen LogP contribution in [0.4, 0.5) is 0 Å². The van der Waals surface area contributed by atoms with Crippen molar-refractivity contribution in [1.82, 2.24) is 0 Å². The zero-order valence-corrected chi connectivity index (χ0v) is 6.93. The minimum atomic E-state index is -0.665. The van der Waals surface area contributed by atoms with Crippen LogP contribution in [0.5, 0.6) is 0 Å². The van der Waals surface area contributed by atoms with E-state index in [1.54, 1.807) is 0 Å². The van der Waals surface area contributed by atoms with E-state index in [1.807, 2.05) is 0 Å². The van der Waals surface area contributed by atoms with Crippen molar-refractivity contribution in [1.29, 1.82) is 0 Å². The molecule has 0 spiro atoms. The lowest BCUT2D eigenvalue weighted by atomic mass is 10.1. The topological polar surface area (TPSA) is 109 Å². The first-order valence-electron chi connectivity index (χ1n) is 3.77. The van der Waals surface area contributed by atoms with E-state index in [4.69, 9.17) is 5.73 Å². The highest BCUT2D eigenvalue weighted by atomic mass is 16.5. The molecule has 0 aromatic carbocycles. The van der Waals surface area contributed by atoms with E-state index in [2.05, 4.69) is 5.10 Å². The molecule has 1 unspecified atom stereocenters. The van der Waals surface area contributed by atoms with Gasteiger partial charge in [0.05, 0.1) is 0 Å². The van der Waals surface area contributed by atoms with Crippen LogP contribution >= 0.6 is 0 Å². The molecule has 7 heteroatoms. The third-order valence-corrected chi connectivity index (χ3v) is 1.86. The SMILES string of the molecule is NC1=N[NH+]([O-])C2=CC=CC(=O)C2=[N+]1[O-]. The number of allylic oxidation sites excluding steroid dienone is 4. The Morgan fingerprint density at radius 3 is 3.00 bits per heavy atom. The number of nitrogens with two attached hydrogens (primary N) is 1.